The van der Waals surface area contributed by atoms with Crippen LogP contribution in [0.3, 0.4) is 0 Å². The van der Waals surface area contributed by atoms with Gasteiger partial charge in [-0.15, -0.1) is 0 Å². The summed E-state index contributed by atoms with van der Waals surface area (Å²) >= 11 is 7.95. The van der Waals surface area contributed by atoms with Gasteiger partial charge in [0.15, 0.2) is 5.16 Å². The Hall–Kier alpha value is -2.58. The maximum atomic E-state index is 12.3. The fourth-order valence-corrected chi connectivity index (χ4v) is 3.78. The standard InChI is InChI=1S/C19H18ClN5O2S/c1-25-16(4-6-23-25)18(26)22-10-13-8-12-7-11(9-14(20)17(12)27-13)15-3-5-21-19(24-15)28-2/h3-7,9,13H,8,10H2,1-2H3,(H,22,26)/t13-/m1/s1. The largest absolute Gasteiger partial charge is 0.486 e. The molecule has 1 amide bonds. The van der Waals surface area contributed by atoms with E-state index in [0.717, 1.165) is 16.8 Å². The van der Waals surface area contributed by atoms with Gasteiger partial charge in [-0.05, 0) is 30.5 Å². The summed E-state index contributed by atoms with van der Waals surface area (Å²) in [5, 5.41) is 8.15. The first-order chi connectivity index (χ1) is 13.5. The molecule has 0 radical (unpaired) electrons. The van der Waals surface area contributed by atoms with Crippen molar-refractivity contribution in [2.24, 2.45) is 7.05 Å². The van der Waals surface area contributed by atoms with Crippen LogP contribution in [-0.4, -0.2) is 44.6 Å². The Kier molecular flexibility index (Phi) is 5.23. The van der Waals surface area contributed by atoms with Gasteiger partial charge in [0.05, 0.1) is 17.3 Å². The third kappa shape index (κ3) is 3.70. The lowest BCUT2D eigenvalue weighted by Gasteiger charge is -2.12. The average Bonchev–Trinajstić information content (AvgIpc) is 3.32. The van der Waals surface area contributed by atoms with Crippen LogP contribution in [0.5, 0.6) is 5.75 Å². The summed E-state index contributed by atoms with van der Waals surface area (Å²) in [6.45, 7) is 0.383. The Morgan fingerprint density at radius 1 is 1.39 bits per heavy atom. The lowest BCUT2D eigenvalue weighted by atomic mass is 10.0. The first-order valence-electron chi connectivity index (χ1n) is 8.68. The van der Waals surface area contributed by atoms with Gasteiger partial charge in [0, 0.05) is 37.0 Å². The number of aromatic nitrogens is 4. The Morgan fingerprint density at radius 3 is 3.00 bits per heavy atom. The minimum absolute atomic E-state index is 0.174. The van der Waals surface area contributed by atoms with Crippen molar-refractivity contribution in [3.63, 3.8) is 0 Å². The van der Waals surface area contributed by atoms with Crippen molar-refractivity contribution in [1.29, 1.82) is 0 Å². The van der Waals surface area contributed by atoms with Crippen molar-refractivity contribution < 1.29 is 9.53 Å². The first-order valence-corrected chi connectivity index (χ1v) is 10.3. The quantitative estimate of drug-likeness (QED) is 0.509. The van der Waals surface area contributed by atoms with E-state index >= 15 is 0 Å². The number of nitrogens with zero attached hydrogens (tertiary/aromatic N) is 4. The summed E-state index contributed by atoms with van der Waals surface area (Å²) in [5.41, 5.74) is 3.25. The predicted molar refractivity (Wildman–Crippen MR) is 108 cm³/mol. The number of rotatable bonds is 5. The second-order valence-corrected chi connectivity index (χ2v) is 7.55. The Labute approximate surface area is 171 Å². The maximum Gasteiger partial charge on any atom is 0.269 e. The molecule has 4 rings (SSSR count). The predicted octanol–water partition coefficient (Wildman–Crippen LogP) is 2.99. The highest BCUT2D eigenvalue weighted by Crippen LogP contribution is 2.39. The van der Waals surface area contributed by atoms with Gasteiger partial charge in [-0.25, -0.2) is 9.97 Å². The summed E-state index contributed by atoms with van der Waals surface area (Å²) in [7, 11) is 1.73. The number of hydrogen-bond acceptors (Lipinski definition) is 6. The summed E-state index contributed by atoms with van der Waals surface area (Å²) in [5.74, 6) is 0.487. The second kappa shape index (κ2) is 7.81. The molecule has 28 heavy (non-hydrogen) atoms. The topological polar surface area (TPSA) is 81.9 Å². The minimum Gasteiger partial charge on any atom is -0.486 e. The zero-order chi connectivity index (χ0) is 19.7. The number of halogens is 1. The lowest BCUT2D eigenvalue weighted by Crippen LogP contribution is -2.35. The van der Waals surface area contributed by atoms with Gasteiger partial charge in [-0.2, -0.15) is 5.10 Å². The number of fused-ring (bicyclic) bond motifs is 1. The molecule has 7 nitrogen and oxygen atoms in total. The van der Waals surface area contributed by atoms with Crippen LogP contribution in [-0.2, 0) is 13.5 Å². The van der Waals surface area contributed by atoms with Gasteiger partial charge in [-0.3, -0.25) is 9.48 Å². The van der Waals surface area contributed by atoms with Crippen LogP contribution in [0, 0.1) is 0 Å². The first kappa shape index (κ1) is 18.8. The van der Waals surface area contributed by atoms with Crippen molar-refractivity contribution >= 4 is 29.3 Å². The molecule has 0 saturated carbocycles. The lowest BCUT2D eigenvalue weighted by molar-refractivity contribution is 0.0924. The normalized spacial score (nSPS) is 15.2. The molecule has 0 unspecified atom stereocenters. The molecule has 1 N–H and O–H groups in total. The fraction of sp³-hybridized carbons (Fsp3) is 0.263. The van der Waals surface area contributed by atoms with Gasteiger partial charge in [0.1, 0.15) is 17.5 Å². The van der Waals surface area contributed by atoms with Crippen LogP contribution in [0.15, 0.2) is 41.8 Å². The number of ether oxygens (including phenoxy) is 1. The van der Waals surface area contributed by atoms with E-state index in [9.17, 15) is 4.79 Å². The number of hydrogen-bond donors (Lipinski definition) is 1. The highest BCUT2D eigenvalue weighted by atomic mass is 35.5. The van der Waals surface area contributed by atoms with E-state index in [-0.39, 0.29) is 12.0 Å². The molecule has 0 bridgehead atoms. The highest BCUT2D eigenvalue weighted by Gasteiger charge is 2.27. The van der Waals surface area contributed by atoms with Crippen LogP contribution in [0.25, 0.3) is 11.3 Å². The number of aryl methyl sites for hydroxylation is 1. The van der Waals surface area contributed by atoms with Crippen molar-refractivity contribution in [3.8, 4) is 17.0 Å². The zero-order valence-corrected chi connectivity index (χ0v) is 16.9. The molecular weight excluding hydrogens is 398 g/mol. The average molecular weight is 416 g/mol. The number of nitrogens with one attached hydrogen (secondary N) is 1. The molecule has 0 aliphatic carbocycles. The SMILES string of the molecule is CSc1nccc(-c2cc(Cl)c3c(c2)C[C@H](CNC(=O)c2ccnn2C)O3)n1. The van der Waals surface area contributed by atoms with E-state index in [1.54, 1.807) is 25.5 Å². The van der Waals surface area contributed by atoms with Gasteiger partial charge >= 0.3 is 0 Å². The highest BCUT2D eigenvalue weighted by molar-refractivity contribution is 7.98. The third-order valence-electron chi connectivity index (χ3n) is 4.51. The maximum absolute atomic E-state index is 12.3. The summed E-state index contributed by atoms with van der Waals surface area (Å²) in [4.78, 5) is 21.0. The molecule has 0 fully saturated rings. The van der Waals surface area contributed by atoms with Gasteiger partial charge in [0.2, 0.25) is 0 Å². The molecule has 144 valence electrons. The number of amides is 1. The molecule has 0 spiro atoms. The van der Waals surface area contributed by atoms with Crippen LogP contribution >= 0.6 is 23.4 Å². The Bertz CT molecular complexity index is 1040. The van der Waals surface area contributed by atoms with E-state index in [2.05, 4.69) is 20.4 Å². The molecule has 3 aromatic rings. The van der Waals surface area contributed by atoms with E-state index < -0.39 is 0 Å². The Morgan fingerprint density at radius 2 is 2.25 bits per heavy atom. The number of carbonyl (C=O) groups is 1. The molecule has 9 heteroatoms. The molecule has 1 aliphatic rings. The Balaban J connectivity index is 1.48. The molecule has 1 aromatic carbocycles. The third-order valence-corrected chi connectivity index (χ3v) is 5.35. The van der Waals surface area contributed by atoms with E-state index in [1.165, 1.54) is 16.4 Å². The zero-order valence-electron chi connectivity index (χ0n) is 15.3. The number of carbonyl (C=O) groups excluding carboxylic acids is 1. The minimum atomic E-state index is -0.183. The van der Waals surface area contributed by atoms with Crippen LogP contribution in [0.2, 0.25) is 5.02 Å². The molecule has 0 saturated heterocycles. The molecule has 3 heterocycles. The summed E-state index contributed by atoms with van der Waals surface area (Å²) in [6.07, 6.45) is 5.75. The van der Waals surface area contributed by atoms with Crippen molar-refractivity contribution in [1.82, 2.24) is 25.1 Å². The van der Waals surface area contributed by atoms with Crippen molar-refractivity contribution in [2.75, 3.05) is 12.8 Å². The molecular formula is C19H18ClN5O2S. The van der Waals surface area contributed by atoms with Crippen LogP contribution in [0.4, 0.5) is 0 Å². The van der Waals surface area contributed by atoms with Gasteiger partial charge < -0.3 is 10.1 Å². The molecule has 1 aliphatic heterocycles. The second-order valence-electron chi connectivity index (χ2n) is 6.37. The van der Waals surface area contributed by atoms with E-state index in [1.807, 2.05) is 24.5 Å². The molecule has 1 atom stereocenters. The number of benzene rings is 1. The summed E-state index contributed by atoms with van der Waals surface area (Å²) < 4.78 is 7.50. The van der Waals surface area contributed by atoms with E-state index in [4.69, 9.17) is 16.3 Å². The number of thioether (sulfide) groups is 1. The fourth-order valence-electron chi connectivity index (χ4n) is 3.14. The van der Waals surface area contributed by atoms with Gasteiger partial charge in [0.25, 0.3) is 5.91 Å². The van der Waals surface area contributed by atoms with E-state index in [0.29, 0.717) is 34.6 Å². The smallest absolute Gasteiger partial charge is 0.269 e. The van der Waals surface area contributed by atoms with Crippen molar-refractivity contribution in [2.45, 2.75) is 17.7 Å². The monoisotopic (exact) mass is 415 g/mol. The van der Waals surface area contributed by atoms with Crippen molar-refractivity contribution in [3.05, 3.63) is 52.9 Å². The van der Waals surface area contributed by atoms with Crippen LogP contribution in [0.1, 0.15) is 16.1 Å². The van der Waals surface area contributed by atoms with Crippen LogP contribution < -0.4 is 10.1 Å². The van der Waals surface area contributed by atoms with Gasteiger partial charge in [-0.1, -0.05) is 23.4 Å². The molecule has 2 aromatic heterocycles. The summed E-state index contributed by atoms with van der Waals surface area (Å²) in [6, 6.07) is 7.42.